The van der Waals surface area contributed by atoms with E-state index < -0.39 is 0 Å². The maximum absolute atomic E-state index is 6.03. The monoisotopic (exact) mass is 273 g/mol. The highest BCUT2D eigenvalue weighted by atomic mass is 35.5. The SMILES string of the molecule is Cc1ccc(C(CN)Cc2cccc(Cl)c2)cc1C. The third-order valence-electron chi connectivity index (χ3n) is 3.66. The molecular formula is C17H20ClN. The summed E-state index contributed by atoms with van der Waals surface area (Å²) in [6.07, 6.45) is 0.930. The van der Waals surface area contributed by atoms with E-state index in [1.807, 2.05) is 18.2 Å². The van der Waals surface area contributed by atoms with Crippen molar-refractivity contribution in [1.82, 2.24) is 0 Å². The molecule has 2 heteroatoms. The zero-order valence-electron chi connectivity index (χ0n) is 11.5. The minimum absolute atomic E-state index is 0.345. The van der Waals surface area contributed by atoms with Crippen LogP contribution in [0.3, 0.4) is 0 Å². The average molecular weight is 274 g/mol. The van der Waals surface area contributed by atoms with Crippen molar-refractivity contribution in [3.05, 3.63) is 69.7 Å². The summed E-state index contributed by atoms with van der Waals surface area (Å²) in [5, 5.41) is 0.786. The van der Waals surface area contributed by atoms with Crippen LogP contribution in [-0.2, 0) is 6.42 Å². The first-order valence-electron chi connectivity index (χ1n) is 6.62. The fraction of sp³-hybridized carbons (Fsp3) is 0.294. The summed E-state index contributed by atoms with van der Waals surface area (Å²) in [6.45, 7) is 4.92. The minimum Gasteiger partial charge on any atom is -0.330 e. The van der Waals surface area contributed by atoms with Crippen LogP contribution in [0.15, 0.2) is 42.5 Å². The molecule has 0 bridgehead atoms. The van der Waals surface area contributed by atoms with Gasteiger partial charge in [0, 0.05) is 10.9 Å². The lowest BCUT2D eigenvalue weighted by molar-refractivity contribution is 0.693. The Labute approximate surface area is 120 Å². The summed E-state index contributed by atoms with van der Waals surface area (Å²) >= 11 is 6.03. The molecule has 100 valence electrons. The number of benzene rings is 2. The van der Waals surface area contributed by atoms with Crippen molar-refractivity contribution in [2.45, 2.75) is 26.2 Å². The quantitative estimate of drug-likeness (QED) is 0.886. The molecule has 0 saturated carbocycles. The Hall–Kier alpha value is -1.31. The molecule has 0 aliphatic carbocycles. The van der Waals surface area contributed by atoms with Gasteiger partial charge in [-0.25, -0.2) is 0 Å². The summed E-state index contributed by atoms with van der Waals surface area (Å²) in [6, 6.07) is 14.6. The van der Waals surface area contributed by atoms with Crippen molar-refractivity contribution in [1.29, 1.82) is 0 Å². The molecule has 0 radical (unpaired) electrons. The first kappa shape index (κ1) is 14.1. The van der Waals surface area contributed by atoms with Crippen molar-refractivity contribution in [3.63, 3.8) is 0 Å². The molecule has 1 atom stereocenters. The average Bonchev–Trinajstić information content (AvgIpc) is 2.39. The summed E-state index contributed by atoms with van der Waals surface area (Å²) in [5.41, 5.74) is 11.1. The van der Waals surface area contributed by atoms with Crippen LogP contribution in [0.4, 0.5) is 0 Å². The second-order valence-electron chi connectivity index (χ2n) is 5.11. The molecule has 2 N–H and O–H groups in total. The smallest absolute Gasteiger partial charge is 0.0408 e. The molecule has 0 spiro atoms. The van der Waals surface area contributed by atoms with E-state index in [0.29, 0.717) is 12.5 Å². The predicted molar refractivity (Wildman–Crippen MR) is 82.9 cm³/mol. The molecule has 2 aromatic rings. The lowest BCUT2D eigenvalue weighted by Gasteiger charge is -2.17. The van der Waals surface area contributed by atoms with Crippen LogP contribution >= 0.6 is 11.6 Å². The molecular weight excluding hydrogens is 254 g/mol. The van der Waals surface area contributed by atoms with Gasteiger partial charge in [-0.2, -0.15) is 0 Å². The van der Waals surface area contributed by atoms with E-state index in [-0.39, 0.29) is 0 Å². The molecule has 0 aliphatic heterocycles. The Morgan fingerprint density at radius 1 is 1.05 bits per heavy atom. The zero-order chi connectivity index (χ0) is 13.8. The maximum atomic E-state index is 6.03. The standard InChI is InChI=1S/C17H20ClN/c1-12-6-7-15(8-13(12)2)16(11-19)9-14-4-3-5-17(18)10-14/h3-8,10,16H,9,11,19H2,1-2H3. The fourth-order valence-electron chi connectivity index (χ4n) is 2.30. The van der Waals surface area contributed by atoms with Crippen LogP contribution in [0.2, 0.25) is 5.02 Å². The van der Waals surface area contributed by atoms with E-state index in [9.17, 15) is 0 Å². The topological polar surface area (TPSA) is 26.0 Å². The molecule has 0 amide bonds. The van der Waals surface area contributed by atoms with Crippen LogP contribution in [0.1, 0.15) is 28.2 Å². The van der Waals surface area contributed by atoms with Gasteiger partial charge in [0.25, 0.3) is 0 Å². The lowest BCUT2D eigenvalue weighted by Crippen LogP contribution is -2.15. The number of rotatable bonds is 4. The molecule has 1 unspecified atom stereocenters. The maximum Gasteiger partial charge on any atom is 0.0408 e. The Morgan fingerprint density at radius 2 is 1.84 bits per heavy atom. The van der Waals surface area contributed by atoms with Crippen LogP contribution < -0.4 is 5.73 Å². The van der Waals surface area contributed by atoms with Gasteiger partial charge in [0.1, 0.15) is 0 Å². The molecule has 19 heavy (non-hydrogen) atoms. The summed E-state index contributed by atoms with van der Waals surface area (Å²) < 4.78 is 0. The largest absolute Gasteiger partial charge is 0.330 e. The molecule has 0 fully saturated rings. The van der Waals surface area contributed by atoms with Crippen LogP contribution in [0.25, 0.3) is 0 Å². The highest BCUT2D eigenvalue weighted by Gasteiger charge is 2.11. The molecule has 2 rings (SSSR count). The summed E-state index contributed by atoms with van der Waals surface area (Å²) in [7, 11) is 0. The highest BCUT2D eigenvalue weighted by molar-refractivity contribution is 6.30. The number of aryl methyl sites for hydroxylation is 2. The van der Waals surface area contributed by atoms with Gasteiger partial charge >= 0.3 is 0 Å². The molecule has 1 nitrogen and oxygen atoms in total. The first-order valence-corrected chi connectivity index (χ1v) is 6.99. The normalized spacial score (nSPS) is 12.4. The van der Waals surface area contributed by atoms with Gasteiger partial charge in [-0.3, -0.25) is 0 Å². The van der Waals surface area contributed by atoms with Gasteiger partial charge in [-0.15, -0.1) is 0 Å². The Morgan fingerprint density at radius 3 is 2.47 bits per heavy atom. The van der Waals surface area contributed by atoms with Gasteiger partial charge in [-0.1, -0.05) is 41.9 Å². The number of hydrogen-bond donors (Lipinski definition) is 1. The number of halogens is 1. The lowest BCUT2D eigenvalue weighted by atomic mass is 9.90. The molecule has 0 aliphatic rings. The van der Waals surface area contributed by atoms with E-state index in [0.717, 1.165) is 11.4 Å². The van der Waals surface area contributed by atoms with Crippen LogP contribution in [0, 0.1) is 13.8 Å². The van der Waals surface area contributed by atoms with Gasteiger partial charge in [-0.05, 0) is 61.2 Å². The highest BCUT2D eigenvalue weighted by Crippen LogP contribution is 2.23. The van der Waals surface area contributed by atoms with Gasteiger partial charge < -0.3 is 5.73 Å². The van der Waals surface area contributed by atoms with Gasteiger partial charge in [0.2, 0.25) is 0 Å². The van der Waals surface area contributed by atoms with E-state index in [1.165, 1.54) is 22.3 Å². The molecule has 0 heterocycles. The minimum atomic E-state index is 0.345. The number of hydrogen-bond acceptors (Lipinski definition) is 1. The fourth-order valence-corrected chi connectivity index (χ4v) is 2.52. The van der Waals surface area contributed by atoms with Crippen molar-refractivity contribution in [2.24, 2.45) is 5.73 Å². The van der Waals surface area contributed by atoms with E-state index in [4.69, 9.17) is 17.3 Å². The summed E-state index contributed by atoms with van der Waals surface area (Å²) in [4.78, 5) is 0. The Kier molecular flexibility index (Phi) is 4.62. The Balaban J connectivity index is 2.22. The Bertz CT molecular complexity index is 563. The first-order chi connectivity index (χ1) is 9.10. The third-order valence-corrected chi connectivity index (χ3v) is 3.89. The summed E-state index contributed by atoms with van der Waals surface area (Å²) in [5.74, 6) is 0.345. The van der Waals surface area contributed by atoms with E-state index >= 15 is 0 Å². The molecule has 0 saturated heterocycles. The second kappa shape index (κ2) is 6.23. The van der Waals surface area contributed by atoms with Crippen molar-refractivity contribution in [3.8, 4) is 0 Å². The van der Waals surface area contributed by atoms with E-state index in [2.05, 4.69) is 38.1 Å². The van der Waals surface area contributed by atoms with Crippen molar-refractivity contribution in [2.75, 3.05) is 6.54 Å². The van der Waals surface area contributed by atoms with Crippen molar-refractivity contribution < 1.29 is 0 Å². The van der Waals surface area contributed by atoms with Crippen LogP contribution in [0.5, 0.6) is 0 Å². The zero-order valence-corrected chi connectivity index (χ0v) is 12.2. The molecule has 0 aromatic heterocycles. The van der Waals surface area contributed by atoms with Gasteiger partial charge in [0.05, 0.1) is 0 Å². The number of nitrogens with two attached hydrogens (primary N) is 1. The van der Waals surface area contributed by atoms with Crippen molar-refractivity contribution >= 4 is 11.6 Å². The van der Waals surface area contributed by atoms with Gasteiger partial charge in [0.15, 0.2) is 0 Å². The van der Waals surface area contributed by atoms with E-state index in [1.54, 1.807) is 0 Å². The van der Waals surface area contributed by atoms with Crippen LogP contribution in [-0.4, -0.2) is 6.54 Å². The molecule has 2 aromatic carbocycles. The third kappa shape index (κ3) is 3.59. The second-order valence-corrected chi connectivity index (χ2v) is 5.55. The predicted octanol–water partition coefficient (Wildman–Crippen LogP) is 4.24.